The van der Waals surface area contributed by atoms with Crippen LogP contribution in [-0.2, 0) is 0 Å². The number of aliphatic hydroxyl groups is 1. The molecule has 0 fully saturated rings. The van der Waals surface area contributed by atoms with E-state index >= 15 is 0 Å². The van der Waals surface area contributed by atoms with Crippen LogP contribution in [0.4, 0.5) is 8.78 Å². The Kier molecular flexibility index (Phi) is 3.58. The highest BCUT2D eigenvalue weighted by Crippen LogP contribution is 2.29. The van der Waals surface area contributed by atoms with Gasteiger partial charge in [0.1, 0.15) is 11.9 Å². The largest absolute Gasteiger partial charge is 0.435 e. The molecule has 1 aromatic heterocycles. The van der Waals surface area contributed by atoms with Crippen molar-refractivity contribution < 1.29 is 18.6 Å². The number of hydrogen-bond acceptors (Lipinski definition) is 2. The number of hydrogen-bond donors (Lipinski definition) is 2. The van der Waals surface area contributed by atoms with Crippen molar-refractivity contribution in [1.82, 2.24) is 4.98 Å². The molecule has 5 heteroatoms. The van der Waals surface area contributed by atoms with Gasteiger partial charge in [0.25, 0.3) is 0 Å². The summed E-state index contributed by atoms with van der Waals surface area (Å²) >= 11 is 0. The molecule has 3 nitrogen and oxygen atoms in total. The van der Waals surface area contributed by atoms with E-state index in [1.54, 1.807) is 18.3 Å². The molecule has 0 aliphatic carbocycles. The maximum absolute atomic E-state index is 12.1. The van der Waals surface area contributed by atoms with Crippen molar-refractivity contribution in [1.29, 1.82) is 0 Å². The first-order valence-electron chi connectivity index (χ1n) is 6.44. The smallest absolute Gasteiger partial charge is 0.387 e. The van der Waals surface area contributed by atoms with Gasteiger partial charge in [0.05, 0.1) is 0 Å². The Morgan fingerprint density at radius 1 is 1.00 bits per heavy atom. The van der Waals surface area contributed by atoms with E-state index in [1.807, 2.05) is 24.3 Å². The summed E-state index contributed by atoms with van der Waals surface area (Å²) in [6.07, 6.45) is 0.917. The van der Waals surface area contributed by atoms with Gasteiger partial charge in [-0.3, -0.25) is 0 Å². The molecule has 2 aromatic carbocycles. The number of para-hydroxylation sites is 1. The van der Waals surface area contributed by atoms with Crippen molar-refractivity contribution in [2.75, 3.05) is 0 Å². The average molecular weight is 289 g/mol. The van der Waals surface area contributed by atoms with E-state index in [0.29, 0.717) is 5.56 Å². The van der Waals surface area contributed by atoms with E-state index in [1.165, 1.54) is 12.1 Å². The predicted molar refractivity (Wildman–Crippen MR) is 75.4 cm³/mol. The molecule has 3 rings (SSSR count). The summed E-state index contributed by atoms with van der Waals surface area (Å²) in [5.74, 6) is 0.0693. The van der Waals surface area contributed by atoms with E-state index in [9.17, 15) is 13.9 Å². The molecule has 0 radical (unpaired) electrons. The first-order chi connectivity index (χ1) is 10.1. The van der Waals surface area contributed by atoms with Crippen molar-refractivity contribution in [3.8, 4) is 5.75 Å². The van der Waals surface area contributed by atoms with Crippen molar-refractivity contribution in [3.05, 3.63) is 65.9 Å². The van der Waals surface area contributed by atoms with Gasteiger partial charge in [-0.15, -0.1) is 0 Å². The van der Waals surface area contributed by atoms with Gasteiger partial charge in [-0.2, -0.15) is 8.78 Å². The maximum Gasteiger partial charge on any atom is 0.387 e. The SMILES string of the molecule is OC(c1ccc(OC(F)F)cc1)c1c[nH]c2ccccc12. The van der Waals surface area contributed by atoms with Crippen LogP contribution in [0.15, 0.2) is 54.7 Å². The van der Waals surface area contributed by atoms with Crippen LogP contribution in [0.25, 0.3) is 10.9 Å². The minimum atomic E-state index is -2.85. The number of fused-ring (bicyclic) bond motifs is 1. The van der Waals surface area contributed by atoms with Gasteiger partial charge >= 0.3 is 6.61 Å². The van der Waals surface area contributed by atoms with Gasteiger partial charge in [0, 0.05) is 22.7 Å². The molecule has 1 heterocycles. The number of aromatic nitrogens is 1. The lowest BCUT2D eigenvalue weighted by molar-refractivity contribution is -0.0498. The van der Waals surface area contributed by atoms with Gasteiger partial charge in [-0.05, 0) is 23.8 Å². The Balaban J connectivity index is 1.89. The number of ether oxygens (including phenoxy) is 1. The second-order valence-corrected chi connectivity index (χ2v) is 4.64. The Bertz CT molecular complexity index is 737. The van der Waals surface area contributed by atoms with E-state index in [-0.39, 0.29) is 5.75 Å². The third kappa shape index (κ3) is 2.73. The number of alkyl halides is 2. The molecule has 1 unspecified atom stereocenters. The molecule has 108 valence electrons. The predicted octanol–water partition coefficient (Wildman–Crippen LogP) is 3.85. The van der Waals surface area contributed by atoms with Crippen molar-refractivity contribution in [3.63, 3.8) is 0 Å². The Hall–Kier alpha value is -2.40. The normalized spacial score (nSPS) is 12.8. The molecule has 0 spiro atoms. The summed E-state index contributed by atoms with van der Waals surface area (Å²) in [7, 11) is 0. The molecular formula is C16H13F2NO2. The Morgan fingerprint density at radius 3 is 2.43 bits per heavy atom. The quantitative estimate of drug-likeness (QED) is 0.766. The van der Waals surface area contributed by atoms with Crippen LogP contribution < -0.4 is 4.74 Å². The first kappa shape index (κ1) is 13.6. The van der Waals surface area contributed by atoms with Crippen LogP contribution in [0.1, 0.15) is 17.2 Å². The molecule has 0 saturated carbocycles. The molecule has 1 atom stereocenters. The topological polar surface area (TPSA) is 45.2 Å². The van der Waals surface area contributed by atoms with E-state index < -0.39 is 12.7 Å². The van der Waals surface area contributed by atoms with Crippen molar-refractivity contribution in [2.24, 2.45) is 0 Å². The van der Waals surface area contributed by atoms with Crippen LogP contribution in [0.2, 0.25) is 0 Å². The first-order valence-corrected chi connectivity index (χ1v) is 6.44. The molecule has 0 saturated heterocycles. The molecule has 0 bridgehead atoms. The highest BCUT2D eigenvalue weighted by Gasteiger charge is 2.15. The Morgan fingerprint density at radius 2 is 1.71 bits per heavy atom. The van der Waals surface area contributed by atoms with Gasteiger partial charge in [-0.1, -0.05) is 30.3 Å². The lowest BCUT2D eigenvalue weighted by Crippen LogP contribution is -2.03. The zero-order chi connectivity index (χ0) is 14.8. The summed E-state index contributed by atoms with van der Waals surface area (Å²) in [5.41, 5.74) is 2.29. The third-order valence-corrected chi connectivity index (χ3v) is 3.34. The van der Waals surface area contributed by atoms with Gasteiger partial charge in [0.15, 0.2) is 0 Å². The molecule has 0 amide bonds. The number of aromatic amines is 1. The van der Waals surface area contributed by atoms with Gasteiger partial charge in [-0.25, -0.2) is 0 Å². The van der Waals surface area contributed by atoms with Gasteiger partial charge < -0.3 is 14.8 Å². The van der Waals surface area contributed by atoms with Crippen LogP contribution in [0, 0.1) is 0 Å². The van der Waals surface area contributed by atoms with Crippen molar-refractivity contribution >= 4 is 10.9 Å². The number of H-pyrrole nitrogens is 1. The monoisotopic (exact) mass is 289 g/mol. The highest BCUT2D eigenvalue weighted by molar-refractivity contribution is 5.83. The standard InChI is InChI=1S/C16H13F2NO2/c17-16(18)21-11-7-5-10(6-8-11)15(20)13-9-19-14-4-2-1-3-12(13)14/h1-9,15-16,19-20H. The number of rotatable bonds is 4. The molecule has 2 N–H and O–H groups in total. The number of nitrogens with one attached hydrogen (secondary N) is 1. The molecule has 21 heavy (non-hydrogen) atoms. The number of benzene rings is 2. The fourth-order valence-corrected chi connectivity index (χ4v) is 2.33. The fraction of sp³-hybridized carbons (Fsp3) is 0.125. The zero-order valence-corrected chi connectivity index (χ0v) is 11.0. The summed E-state index contributed by atoms with van der Waals surface area (Å²) in [6.45, 7) is -2.85. The fourth-order valence-electron chi connectivity index (χ4n) is 2.33. The summed E-state index contributed by atoms with van der Waals surface area (Å²) in [6, 6.07) is 13.6. The summed E-state index contributed by atoms with van der Waals surface area (Å²) < 4.78 is 28.5. The van der Waals surface area contributed by atoms with E-state index in [0.717, 1.165) is 16.5 Å². The average Bonchev–Trinajstić information content (AvgIpc) is 2.90. The van der Waals surface area contributed by atoms with Gasteiger partial charge in [0.2, 0.25) is 0 Å². The minimum Gasteiger partial charge on any atom is -0.435 e. The lowest BCUT2D eigenvalue weighted by Gasteiger charge is -2.11. The van der Waals surface area contributed by atoms with Crippen LogP contribution in [0.3, 0.4) is 0 Å². The van der Waals surface area contributed by atoms with Crippen molar-refractivity contribution in [2.45, 2.75) is 12.7 Å². The molecular weight excluding hydrogens is 276 g/mol. The minimum absolute atomic E-state index is 0.0693. The lowest BCUT2D eigenvalue weighted by atomic mass is 10.0. The zero-order valence-electron chi connectivity index (χ0n) is 11.0. The number of halogens is 2. The van der Waals surface area contributed by atoms with Crippen LogP contribution >= 0.6 is 0 Å². The second kappa shape index (κ2) is 5.54. The Labute approximate surface area is 119 Å². The maximum atomic E-state index is 12.1. The van der Waals surface area contributed by atoms with Crippen LogP contribution in [-0.4, -0.2) is 16.7 Å². The highest BCUT2D eigenvalue weighted by atomic mass is 19.3. The van der Waals surface area contributed by atoms with E-state index in [2.05, 4.69) is 9.72 Å². The van der Waals surface area contributed by atoms with E-state index in [4.69, 9.17) is 0 Å². The molecule has 0 aliphatic heterocycles. The summed E-state index contributed by atoms with van der Waals surface area (Å²) in [4.78, 5) is 3.09. The summed E-state index contributed by atoms with van der Waals surface area (Å²) in [5, 5.41) is 11.4. The van der Waals surface area contributed by atoms with Crippen LogP contribution in [0.5, 0.6) is 5.75 Å². The second-order valence-electron chi connectivity index (χ2n) is 4.64. The molecule has 3 aromatic rings. The molecule has 0 aliphatic rings. The third-order valence-electron chi connectivity index (χ3n) is 3.34. The number of aliphatic hydroxyl groups excluding tert-OH is 1.